The summed E-state index contributed by atoms with van der Waals surface area (Å²) in [4.78, 5) is 16.3. The van der Waals surface area contributed by atoms with Gasteiger partial charge in [-0.1, -0.05) is 29.0 Å². The van der Waals surface area contributed by atoms with Gasteiger partial charge < -0.3 is 10.4 Å². The van der Waals surface area contributed by atoms with Gasteiger partial charge in [0, 0.05) is 23.7 Å². The van der Waals surface area contributed by atoms with Crippen molar-refractivity contribution in [2.45, 2.75) is 13.8 Å². The summed E-state index contributed by atoms with van der Waals surface area (Å²) in [6.45, 7) is 3.74. The van der Waals surface area contributed by atoms with Crippen LogP contribution in [0.5, 0.6) is 0 Å². The molecule has 2 aromatic rings. The molecule has 0 unspecified atom stereocenters. The molecule has 0 aliphatic rings. The monoisotopic (exact) mass is 322 g/mol. The molecule has 1 heterocycles. The number of hydrogen-bond donors (Lipinski definition) is 2. The third-order valence-electron chi connectivity index (χ3n) is 2.99. The Balaban J connectivity index is 2.65. The van der Waals surface area contributed by atoms with E-state index in [0.717, 1.165) is 26.8 Å². The molecule has 1 aromatic heterocycles. The lowest BCUT2D eigenvalue weighted by molar-refractivity contribution is -0.131. The minimum Gasteiger partial charge on any atom is -0.478 e. The first-order valence-electron chi connectivity index (χ1n) is 6.29. The van der Waals surface area contributed by atoms with Gasteiger partial charge in [0.1, 0.15) is 0 Å². The Labute approximate surface area is 132 Å². The number of aromatic nitrogens is 1. The number of benzene rings is 1. The summed E-state index contributed by atoms with van der Waals surface area (Å²) < 4.78 is 0. The van der Waals surface area contributed by atoms with E-state index < -0.39 is 5.97 Å². The molecule has 0 aliphatic carbocycles. The maximum absolute atomic E-state index is 10.9. The molecule has 1 aromatic carbocycles. The summed E-state index contributed by atoms with van der Waals surface area (Å²) in [5, 5.41) is 13.3. The van der Waals surface area contributed by atoms with Crippen molar-refractivity contribution in [2.75, 3.05) is 12.4 Å². The predicted octanol–water partition coefficient (Wildman–Crippen LogP) is 4.30. The van der Waals surface area contributed by atoms with Crippen molar-refractivity contribution in [2.24, 2.45) is 0 Å². The lowest BCUT2D eigenvalue weighted by Gasteiger charge is -2.06. The molecule has 0 saturated carbocycles. The second-order valence-electron chi connectivity index (χ2n) is 4.57. The van der Waals surface area contributed by atoms with Gasteiger partial charge in [-0.25, -0.2) is 9.78 Å². The first-order valence-corrected chi connectivity index (χ1v) is 7.48. The summed E-state index contributed by atoms with van der Waals surface area (Å²) >= 11 is 7.50. The van der Waals surface area contributed by atoms with Crippen LogP contribution in [0.25, 0.3) is 16.8 Å². The second-order valence-corrected chi connectivity index (χ2v) is 6.01. The van der Waals surface area contributed by atoms with Crippen molar-refractivity contribution >= 4 is 39.6 Å². The van der Waals surface area contributed by atoms with Crippen molar-refractivity contribution in [3.8, 4) is 11.3 Å². The van der Waals surface area contributed by atoms with E-state index in [4.69, 9.17) is 16.7 Å². The van der Waals surface area contributed by atoms with E-state index in [1.807, 2.05) is 25.1 Å². The fourth-order valence-electron chi connectivity index (χ4n) is 1.98. The molecule has 0 bridgehead atoms. The van der Waals surface area contributed by atoms with Crippen LogP contribution >= 0.6 is 22.9 Å². The number of carbonyl (C=O) groups is 1. The standard InChI is InChI=1S/C15H15ClN2O2S/c1-8-4-5-10(16)7-11(8)13-14(9(2)6-12(19)20)21-15(17-3)18-13/h4-7H,1-3H3,(H,17,18)(H,19,20)/b9-6+. The maximum atomic E-state index is 10.9. The largest absolute Gasteiger partial charge is 0.478 e. The summed E-state index contributed by atoms with van der Waals surface area (Å²) in [5.74, 6) is -0.972. The number of thiazole rings is 1. The zero-order valence-electron chi connectivity index (χ0n) is 11.9. The highest BCUT2D eigenvalue weighted by atomic mass is 35.5. The van der Waals surface area contributed by atoms with Crippen LogP contribution in [-0.2, 0) is 4.79 Å². The van der Waals surface area contributed by atoms with Crippen LogP contribution < -0.4 is 5.32 Å². The number of nitrogens with zero attached hydrogens (tertiary/aromatic N) is 1. The fraction of sp³-hybridized carbons (Fsp3) is 0.200. The van der Waals surface area contributed by atoms with E-state index in [1.165, 1.54) is 17.4 Å². The van der Waals surface area contributed by atoms with Gasteiger partial charge in [-0.15, -0.1) is 0 Å². The Hall–Kier alpha value is -1.85. The van der Waals surface area contributed by atoms with Crippen molar-refractivity contribution in [3.63, 3.8) is 0 Å². The fourth-order valence-corrected chi connectivity index (χ4v) is 3.05. The quantitative estimate of drug-likeness (QED) is 0.824. The molecule has 21 heavy (non-hydrogen) atoms. The number of anilines is 1. The number of aryl methyl sites for hydroxylation is 1. The van der Waals surface area contributed by atoms with Crippen LogP contribution in [0.3, 0.4) is 0 Å². The summed E-state index contributed by atoms with van der Waals surface area (Å²) in [6, 6.07) is 5.60. The van der Waals surface area contributed by atoms with Crippen molar-refractivity contribution in [1.29, 1.82) is 0 Å². The molecule has 2 N–H and O–H groups in total. The Bertz CT molecular complexity index is 722. The first-order chi connectivity index (χ1) is 9.92. The van der Waals surface area contributed by atoms with Crippen molar-refractivity contribution < 1.29 is 9.90 Å². The summed E-state index contributed by atoms with van der Waals surface area (Å²) in [5.41, 5.74) is 3.36. The van der Waals surface area contributed by atoms with Gasteiger partial charge in [0.2, 0.25) is 0 Å². The number of halogens is 1. The second kappa shape index (κ2) is 6.28. The Morgan fingerprint density at radius 2 is 2.19 bits per heavy atom. The van der Waals surface area contributed by atoms with E-state index >= 15 is 0 Å². The smallest absolute Gasteiger partial charge is 0.328 e. The van der Waals surface area contributed by atoms with Crippen molar-refractivity contribution in [1.82, 2.24) is 4.98 Å². The van der Waals surface area contributed by atoms with Crippen molar-refractivity contribution in [3.05, 3.63) is 39.7 Å². The molecular formula is C15H15ClN2O2S. The maximum Gasteiger partial charge on any atom is 0.328 e. The highest BCUT2D eigenvalue weighted by Crippen LogP contribution is 2.37. The zero-order chi connectivity index (χ0) is 15.6. The van der Waals surface area contributed by atoms with Gasteiger partial charge in [-0.05, 0) is 37.1 Å². The number of rotatable bonds is 4. The lowest BCUT2D eigenvalue weighted by atomic mass is 10.0. The SMILES string of the molecule is CNc1nc(-c2cc(Cl)ccc2C)c(/C(C)=C/C(=O)O)s1. The van der Waals surface area contributed by atoms with Gasteiger partial charge >= 0.3 is 5.97 Å². The molecule has 0 aliphatic heterocycles. The number of carboxylic acid groups (broad SMARTS) is 1. The molecule has 0 atom stereocenters. The number of aliphatic carboxylic acids is 1. The Morgan fingerprint density at radius 3 is 2.81 bits per heavy atom. The summed E-state index contributed by atoms with van der Waals surface area (Å²) in [7, 11) is 1.79. The normalized spacial score (nSPS) is 11.5. The van der Waals surface area contributed by atoms with E-state index in [1.54, 1.807) is 14.0 Å². The molecule has 0 amide bonds. The predicted molar refractivity (Wildman–Crippen MR) is 88.1 cm³/mol. The average molecular weight is 323 g/mol. The van der Waals surface area contributed by atoms with Crippen LogP contribution in [0.1, 0.15) is 17.4 Å². The molecule has 0 spiro atoms. The number of allylic oxidation sites excluding steroid dienone is 1. The van der Waals surface area contributed by atoms with Gasteiger partial charge in [0.05, 0.1) is 10.6 Å². The summed E-state index contributed by atoms with van der Waals surface area (Å²) in [6.07, 6.45) is 1.19. The van der Waals surface area contributed by atoms with E-state index in [2.05, 4.69) is 10.3 Å². The topological polar surface area (TPSA) is 62.2 Å². The highest BCUT2D eigenvalue weighted by Gasteiger charge is 2.16. The van der Waals surface area contributed by atoms with Gasteiger partial charge in [0.25, 0.3) is 0 Å². The Kier molecular flexibility index (Phi) is 4.65. The third kappa shape index (κ3) is 3.43. The minimum absolute atomic E-state index is 0.625. The number of carboxylic acids is 1. The van der Waals surface area contributed by atoms with E-state index in [-0.39, 0.29) is 0 Å². The number of nitrogens with one attached hydrogen (secondary N) is 1. The van der Waals surface area contributed by atoms with Gasteiger partial charge in [-0.3, -0.25) is 0 Å². The minimum atomic E-state index is -0.972. The van der Waals surface area contributed by atoms with Crippen LogP contribution in [0.15, 0.2) is 24.3 Å². The lowest BCUT2D eigenvalue weighted by Crippen LogP contribution is -1.92. The third-order valence-corrected chi connectivity index (χ3v) is 4.44. The zero-order valence-corrected chi connectivity index (χ0v) is 13.5. The Morgan fingerprint density at radius 1 is 1.48 bits per heavy atom. The molecule has 2 rings (SSSR count). The van der Waals surface area contributed by atoms with E-state index in [0.29, 0.717) is 10.6 Å². The molecule has 4 nitrogen and oxygen atoms in total. The van der Waals surface area contributed by atoms with Crippen LogP contribution in [-0.4, -0.2) is 23.1 Å². The molecule has 110 valence electrons. The number of hydrogen-bond acceptors (Lipinski definition) is 4. The molecule has 0 saturated heterocycles. The average Bonchev–Trinajstić information content (AvgIpc) is 2.85. The first kappa shape index (κ1) is 15.5. The highest BCUT2D eigenvalue weighted by molar-refractivity contribution is 7.17. The van der Waals surface area contributed by atoms with Crippen LogP contribution in [0, 0.1) is 6.92 Å². The molecule has 6 heteroatoms. The molecule has 0 radical (unpaired) electrons. The van der Waals surface area contributed by atoms with Gasteiger partial charge in [-0.2, -0.15) is 0 Å². The van der Waals surface area contributed by atoms with Gasteiger partial charge in [0.15, 0.2) is 5.13 Å². The van der Waals surface area contributed by atoms with Crippen LogP contribution in [0.2, 0.25) is 5.02 Å². The van der Waals surface area contributed by atoms with E-state index in [9.17, 15) is 4.79 Å². The molecular weight excluding hydrogens is 308 g/mol. The molecule has 0 fully saturated rings. The van der Waals surface area contributed by atoms with Crippen LogP contribution in [0.4, 0.5) is 5.13 Å².